The highest BCUT2D eigenvalue weighted by molar-refractivity contribution is 5.80. The van der Waals surface area contributed by atoms with Crippen molar-refractivity contribution in [1.29, 1.82) is 0 Å². The molecule has 120 valence electrons. The van der Waals surface area contributed by atoms with Crippen molar-refractivity contribution < 1.29 is 13.6 Å². The number of halogens is 2. The zero-order valence-electron chi connectivity index (χ0n) is 12.8. The lowest BCUT2D eigenvalue weighted by atomic mass is 9.80. The van der Waals surface area contributed by atoms with Crippen molar-refractivity contribution >= 4 is 5.91 Å². The molecule has 22 heavy (non-hydrogen) atoms. The van der Waals surface area contributed by atoms with E-state index in [4.69, 9.17) is 0 Å². The summed E-state index contributed by atoms with van der Waals surface area (Å²) in [5.74, 6) is -3.27. The molecule has 1 saturated heterocycles. The Morgan fingerprint density at radius 3 is 2.59 bits per heavy atom. The van der Waals surface area contributed by atoms with E-state index >= 15 is 0 Å². The number of hydrogen-bond acceptors (Lipinski definition) is 2. The largest absolute Gasteiger partial charge is 0.333 e. The van der Waals surface area contributed by atoms with Crippen molar-refractivity contribution in [3.05, 3.63) is 35.4 Å². The minimum Gasteiger partial charge on any atom is -0.333 e. The average Bonchev–Trinajstić information content (AvgIpc) is 2.52. The minimum absolute atomic E-state index is 0.0543. The van der Waals surface area contributed by atoms with Crippen LogP contribution in [0.15, 0.2) is 24.3 Å². The number of nitrogens with zero attached hydrogens (tertiary/aromatic N) is 1. The van der Waals surface area contributed by atoms with Crippen molar-refractivity contribution in [3.8, 4) is 0 Å². The zero-order valence-corrected chi connectivity index (χ0v) is 12.8. The summed E-state index contributed by atoms with van der Waals surface area (Å²) in [5.41, 5.74) is 2.33. The van der Waals surface area contributed by atoms with E-state index in [2.05, 4.69) is 24.4 Å². The Morgan fingerprint density at radius 2 is 2.00 bits per heavy atom. The third kappa shape index (κ3) is 3.00. The van der Waals surface area contributed by atoms with E-state index in [1.165, 1.54) is 5.56 Å². The van der Waals surface area contributed by atoms with Gasteiger partial charge in [-0.1, -0.05) is 31.2 Å². The summed E-state index contributed by atoms with van der Waals surface area (Å²) in [4.78, 5) is 14.3. The zero-order chi connectivity index (χ0) is 15.7. The molecular weight excluding hydrogens is 286 g/mol. The van der Waals surface area contributed by atoms with Crippen LogP contribution in [0.3, 0.4) is 0 Å². The van der Waals surface area contributed by atoms with Gasteiger partial charge in [0.25, 0.3) is 0 Å². The normalized spacial score (nSPS) is 24.9. The molecule has 1 saturated carbocycles. The van der Waals surface area contributed by atoms with Gasteiger partial charge in [-0.05, 0) is 17.5 Å². The Labute approximate surface area is 129 Å². The molecule has 1 aromatic carbocycles. The Kier molecular flexibility index (Phi) is 4.17. The second-order valence-corrected chi connectivity index (χ2v) is 6.31. The molecule has 3 rings (SSSR count). The van der Waals surface area contributed by atoms with Crippen LogP contribution in [0.25, 0.3) is 0 Å². The number of carbonyl (C=O) groups excluding carboxylic acids is 1. The van der Waals surface area contributed by atoms with Crippen LogP contribution in [0.2, 0.25) is 0 Å². The molecule has 0 spiro atoms. The summed E-state index contributed by atoms with van der Waals surface area (Å²) in [6.45, 7) is 4.09. The van der Waals surface area contributed by atoms with Gasteiger partial charge in [-0.15, -0.1) is 0 Å². The molecule has 1 aliphatic heterocycles. The smallest absolute Gasteiger partial charge is 0.249 e. The maximum Gasteiger partial charge on any atom is 0.249 e. The van der Waals surface area contributed by atoms with E-state index < -0.39 is 11.8 Å². The Balaban J connectivity index is 1.74. The van der Waals surface area contributed by atoms with E-state index in [1.54, 1.807) is 4.90 Å². The van der Waals surface area contributed by atoms with Gasteiger partial charge in [-0.3, -0.25) is 4.79 Å². The molecular formula is C17H22F2N2O. The molecule has 3 nitrogen and oxygen atoms in total. The molecule has 1 unspecified atom stereocenters. The van der Waals surface area contributed by atoms with Crippen LogP contribution in [0, 0.1) is 5.92 Å². The van der Waals surface area contributed by atoms with Gasteiger partial charge in [0, 0.05) is 38.4 Å². The lowest BCUT2D eigenvalue weighted by molar-refractivity contribution is -0.162. The van der Waals surface area contributed by atoms with Gasteiger partial charge >= 0.3 is 0 Å². The lowest BCUT2D eigenvalue weighted by Crippen LogP contribution is -2.53. The number of alkyl halides is 2. The van der Waals surface area contributed by atoms with Gasteiger partial charge in [0.2, 0.25) is 11.8 Å². The number of aryl methyl sites for hydroxylation is 1. The van der Waals surface area contributed by atoms with Gasteiger partial charge in [0.15, 0.2) is 0 Å². The molecule has 1 aliphatic carbocycles. The quantitative estimate of drug-likeness (QED) is 0.931. The maximum absolute atomic E-state index is 13.0. The number of carbonyl (C=O) groups is 1. The third-order valence-electron chi connectivity index (χ3n) is 4.74. The Morgan fingerprint density at radius 1 is 1.32 bits per heavy atom. The summed E-state index contributed by atoms with van der Waals surface area (Å²) in [5, 5.41) is 3.30. The summed E-state index contributed by atoms with van der Waals surface area (Å²) in [6, 6.07) is 8.19. The summed E-state index contributed by atoms with van der Waals surface area (Å²) in [6.07, 6.45) is 0.386. The van der Waals surface area contributed by atoms with Crippen LogP contribution in [-0.4, -0.2) is 36.4 Å². The first kappa shape index (κ1) is 15.4. The van der Waals surface area contributed by atoms with Crippen LogP contribution in [0.1, 0.15) is 36.9 Å². The summed E-state index contributed by atoms with van der Waals surface area (Å²) in [7, 11) is 0. The fourth-order valence-corrected chi connectivity index (χ4v) is 3.31. The number of nitrogens with one attached hydrogen (secondary N) is 1. The minimum atomic E-state index is -2.65. The average molecular weight is 308 g/mol. The fourth-order valence-electron chi connectivity index (χ4n) is 3.31. The molecule has 1 aromatic rings. The van der Waals surface area contributed by atoms with Crippen LogP contribution in [-0.2, 0) is 11.2 Å². The number of hydrogen-bond donors (Lipinski definition) is 1. The molecule has 5 heteroatoms. The van der Waals surface area contributed by atoms with Crippen LogP contribution < -0.4 is 5.32 Å². The third-order valence-corrected chi connectivity index (χ3v) is 4.74. The SMILES string of the molecule is CCc1ccc(C2CNCCN2C(=O)C2CC(F)(F)C2)cc1. The number of rotatable bonds is 3. The maximum atomic E-state index is 13.0. The van der Waals surface area contributed by atoms with Crippen molar-refractivity contribution in [1.82, 2.24) is 10.2 Å². The van der Waals surface area contributed by atoms with Gasteiger partial charge in [0.05, 0.1) is 6.04 Å². The number of piperazine rings is 1. The van der Waals surface area contributed by atoms with E-state index in [9.17, 15) is 13.6 Å². The van der Waals surface area contributed by atoms with Crippen LogP contribution in [0.5, 0.6) is 0 Å². The Hall–Kier alpha value is -1.49. The molecule has 2 aliphatic rings. The monoisotopic (exact) mass is 308 g/mol. The predicted molar refractivity (Wildman–Crippen MR) is 80.8 cm³/mol. The van der Waals surface area contributed by atoms with E-state index in [0.717, 1.165) is 18.5 Å². The topological polar surface area (TPSA) is 32.3 Å². The van der Waals surface area contributed by atoms with E-state index in [0.29, 0.717) is 13.1 Å². The first-order valence-corrected chi connectivity index (χ1v) is 7.98. The van der Waals surface area contributed by atoms with E-state index in [1.807, 2.05) is 12.1 Å². The molecule has 1 atom stereocenters. The van der Waals surface area contributed by atoms with Gasteiger partial charge in [-0.2, -0.15) is 0 Å². The van der Waals surface area contributed by atoms with Gasteiger partial charge in [0.1, 0.15) is 0 Å². The van der Waals surface area contributed by atoms with Crippen molar-refractivity contribution in [3.63, 3.8) is 0 Å². The van der Waals surface area contributed by atoms with Crippen molar-refractivity contribution in [2.75, 3.05) is 19.6 Å². The van der Waals surface area contributed by atoms with E-state index in [-0.39, 0.29) is 24.8 Å². The van der Waals surface area contributed by atoms with Gasteiger partial charge < -0.3 is 10.2 Å². The standard InChI is InChI=1S/C17H22F2N2O/c1-2-12-3-5-13(6-4-12)15-11-20-7-8-21(15)16(22)14-9-17(18,19)10-14/h3-6,14-15,20H,2,7-11H2,1H3. The van der Waals surface area contributed by atoms with Crippen LogP contribution in [0.4, 0.5) is 8.78 Å². The second-order valence-electron chi connectivity index (χ2n) is 6.31. The first-order chi connectivity index (χ1) is 10.5. The summed E-state index contributed by atoms with van der Waals surface area (Å²) < 4.78 is 26.1. The number of benzene rings is 1. The predicted octanol–water partition coefficient (Wildman–Crippen LogP) is 2.77. The molecule has 0 radical (unpaired) electrons. The van der Waals surface area contributed by atoms with Crippen molar-refractivity contribution in [2.24, 2.45) is 5.92 Å². The highest BCUT2D eigenvalue weighted by Crippen LogP contribution is 2.44. The molecule has 0 bridgehead atoms. The summed E-state index contributed by atoms with van der Waals surface area (Å²) >= 11 is 0. The molecule has 1 N–H and O–H groups in total. The Bertz CT molecular complexity index is 536. The molecule has 1 amide bonds. The lowest BCUT2D eigenvalue weighted by Gasteiger charge is -2.42. The fraction of sp³-hybridized carbons (Fsp3) is 0.588. The highest BCUT2D eigenvalue weighted by atomic mass is 19.3. The first-order valence-electron chi connectivity index (χ1n) is 7.98. The van der Waals surface area contributed by atoms with Gasteiger partial charge in [-0.25, -0.2) is 8.78 Å². The number of amides is 1. The highest BCUT2D eigenvalue weighted by Gasteiger charge is 2.50. The molecule has 2 fully saturated rings. The molecule has 1 heterocycles. The van der Waals surface area contributed by atoms with Crippen molar-refractivity contribution in [2.45, 2.75) is 38.2 Å². The second kappa shape index (κ2) is 5.95. The van der Waals surface area contributed by atoms with Crippen LogP contribution >= 0.6 is 0 Å². The molecule has 0 aromatic heterocycles.